The predicted molar refractivity (Wildman–Crippen MR) is 75.8 cm³/mol. The molecule has 0 bridgehead atoms. The van der Waals surface area contributed by atoms with Crippen molar-refractivity contribution in [2.45, 2.75) is 30.9 Å². The van der Waals surface area contributed by atoms with E-state index in [1.165, 1.54) is 12.1 Å². The largest absolute Gasteiger partial charge is 0.326 e. The summed E-state index contributed by atoms with van der Waals surface area (Å²) in [5, 5.41) is 2.18. The molecule has 116 valence electrons. The standard InChI is InChI=1S/C13H11F5INO/c14-8-7(9(15)11(17)12(18)10(8)16)13(21)20-6-3-1-5(19)2-4-6/h1-4,7-12H,(H,20,21). The van der Waals surface area contributed by atoms with Gasteiger partial charge in [0.2, 0.25) is 5.91 Å². The van der Waals surface area contributed by atoms with E-state index in [-0.39, 0.29) is 5.69 Å². The van der Waals surface area contributed by atoms with Crippen molar-refractivity contribution in [1.82, 2.24) is 0 Å². The van der Waals surface area contributed by atoms with Gasteiger partial charge in [0, 0.05) is 9.26 Å². The van der Waals surface area contributed by atoms with Gasteiger partial charge in [-0.15, -0.1) is 0 Å². The third-order valence-electron chi connectivity index (χ3n) is 3.32. The number of amides is 1. The van der Waals surface area contributed by atoms with E-state index in [1.807, 2.05) is 22.6 Å². The lowest BCUT2D eigenvalue weighted by Crippen LogP contribution is -2.56. The highest BCUT2D eigenvalue weighted by atomic mass is 127. The Labute approximate surface area is 131 Å². The maximum atomic E-state index is 13.6. The molecule has 0 spiro atoms. The molecule has 1 aliphatic rings. The zero-order valence-electron chi connectivity index (χ0n) is 10.4. The van der Waals surface area contributed by atoms with Crippen molar-refractivity contribution >= 4 is 34.2 Å². The first-order chi connectivity index (χ1) is 9.82. The van der Waals surface area contributed by atoms with E-state index in [4.69, 9.17) is 0 Å². The summed E-state index contributed by atoms with van der Waals surface area (Å²) in [6, 6.07) is 6.20. The molecule has 1 aliphatic carbocycles. The monoisotopic (exact) mass is 419 g/mol. The number of nitrogens with one attached hydrogen (secondary N) is 1. The van der Waals surface area contributed by atoms with Crippen molar-refractivity contribution in [1.29, 1.82) is 0 Å². The van der Waals surface area contributed by atoms with Gasteiger partial charge in [0.25, 0.3) is 0 Å². The highest BCUT2D eigenvalue weighted by Crippen LogP contribution is 2.36. The van der Waals surface area contributed by atoms with Crippen LogP contribution in [0.5, 0.6) is 0 Å². The molecule has 0 radical (unpaired) electrons. The Morgan fingerprint density at radius 2 is 1.29 bits per heavy atom. The summed E-state index contributed by atoms with van der Waals surface area (Å²) in [4.78, 5) is 11.8. The molecule has 1 aromatic rings. The van der Waals surface area contributed by atoms with Crippen molar-refractivity contribution in [3.05, 3.63) is 27.8 Å². The van der Waals surface area contributed by atoms with E-state index in [9.17, 15) is 26.7 Å². The smallest absolute Gasteiger partial charge is 0.233 e. The maximum absolute atomic E-state index is 13.6. The molecule has 4 unspecified atom stereocenters. The van der Waals surface area contributed by atoms with Gasteiger partial charge in [0.05, 0.1) is 0 Å². The second-order valence-corrected chi connectivity index (χ2v) is 5.99. The topological polar surface area (TPSA) is 29.1 Å². The fraction of sp³-hybridized carbons (Fsp3) is 0.462. The molecule has 2 nitrogen and oxygen atoms in total. The van der Waals surface area contributed by atoms with Crippen LogP contribution < -0.4 is 5.32 Å². The third kappa shape index (κ3) is 3.29. The molecule has 0 saturated heterocycles. The molecule has 0 aliphatic heterocycles. The summed E-state index contributed by atoms with van der Waals surface area (Å²) < 4.78 is 67.7. The van der Waals surface area contributed by atoms with E-state index in [0.717, 1.165) is 3.57 Å². The minimum atomic E-state index is -2.91. The van der Waals surface area contributed by atoms with Crippen LogP contribution >= 0.6 is 22.6 Å². The Morgan fingerprint density at radius 1 is 0.857 bits per heavy atom. The van der Waals surface area contributed by atoms with Crippen LogP contribution in [0.1, 0.15) is 0 Å². The van der Waals surface area contributed by atoms with Crippen LogP contribution in [0.2, 0.25) is 0 Å². The summed E-state index contributed by atoms with van der Waals surface area (Å²) in [5.41, 5.74) is 0.230. The fourth-order valence-electron chi connectivity index (χ4n) is 2.15. The Hall–Kier alpha value is -0.930. The van der Waals surface area contributed by atoms with E-state index in [2.05, 4.69) is 5.32 Å². The Morgan fingerprint density at radius 3 is 1.76 bits per heavy atom. The quantitative estimate of drug-likeness (QED) is 0.577. The van der Waals surface area contributed by atoms with E-state index in [0.29, 0.717) is 0 Å². The average Bonchev–Trinajstić information content (AvgIpc) is 2.46. The summed E-state index contributed by atoms with van der Waals surface area (Å²) in [5.74, 6) is -3.44. The van der Waals surface area contributed by atoms with Gasteiger partial charge in [-0.25, -0.2) is 22.0 Å². The number of benzene rings is 1. The van der Waals surface area contributed by atoms with Gasteiger partial charge in [-0.2, -0.15) is 0 Å². The first-order valence-corrected chi connectivity index (χ1v) is 7.17. The van der Waals surface area contributed by atoms with Crippen LogP contribution in [0.15, 0.2) is 24.3 Å². The lowest BCUT2D eigenvalue weighted by atomic mass is 9.81. The van der Waals surface area contributed by atoms with Crippen LogP contribution in [0.3, 0.4) is 0 Å². The van der Waals surface area contributed by atoms with Crippen LogP contribution in [0.25, 0.3) is 0 Å². The van der Waals surface area contributed by atoms with E-state index in [1.54, 1.807) is 12.1 Å². The van der Waals surface area contributed by atoms with Gasteiger partial charge in [-0.05, 0) is 46.9 Å². The number of anilines is 1. The Balaban J connectivity index is 2.15. The van der Waals surface area contributed by atoms with Gasteiger partial charge in [-0.1, -0.05) is 0 Å². The van der Waals surface area contributed by atoms with Crippen molar-refractivity contribution in [3.63, 3.8) is 0 Å². The van der Waals surface area contributed by atoms with E-state index < -0.39 is 42.7 Å². The number of hydrogen-bond donors (Lipinski definition) is 1. The maximum Gasteiger partial charge on any atom is 0.233 e. The zero-order valence-corrected chi connectivity index (χ0v) is 12.6. The molecule has 1 fully saturated rings. The summed E-state index contributed by atoms with van der Waals surface area (Å²) in [6.07, 6.45) is -14.1. The summed E-state index contributed by atoms with van der Waals surface area (Å²) in [7, 11) is 0. The van der Waals surface area contributed by atoms with Gasteiger partial charge in [-0.3, -0.25) is 4.79 Å². The molecular weight excluding hydrogens is 408 g/mol. The zero-order chi connectivity index (χ0) is 15.7. The van der Waals surface area contributed by atoms with Crippen molar-refractivity contribution in [2.75, 3.05) is 5.32 Å². The number of hydrogen-bond acceptors (Lipinski definition) is 1. The molecule has 8 heteroatoms. The first kappa shape index (κ1) is 16.4. The minimum Gasteiger partial charge on any atom is -0.326 e. The van der Waals surface area contributed by atoms with Crippen LogP contribution in [-0.2, 0) is 4.79 Å². The second kappa shape index (κ2) is 6.45. The summed E-state index contributed by atoms with van der Waals surface area (Å²) >= 11 is 2.01. The minimum absolute atomic E-state index is 0.230. The molecule has 1 aromatic carbocycles. The SMILES string of the molecule is O=C(Nc1ccc(I)cc1)C1C(F)C(F)C(F)C(F)C1F. The van der Waals surface area contributed by atoms with Gasteiger partial charge < -0.3 is 5.32 Å². The van der Waals surface area contributed by atoms with Gasteiger partial charge in [0.15, 0.2) is 18.5 Å². The predicted octanol–water partition coefficient (Wildman–Crippen LogP) is 3.55. The van der Waals surface area contributed by atoms with Crippen LogP contribution in [-0.4, -0.2) is 36.8 Å². The van der Waals surface area contributed by atoms with Gasteiger partial charge >= 0.3 is 0 Å². The number of rotatable bonds is 2. The molecule has 4 atom stereocenters. The van der Waals surface area contributed by atoms with Crippen molar-refractivity contribution in [3.8, 4) is 0 Å². The van der Waals surface area contributed by atoms with E-state index >= 15 is 0 Å². The molecule has 2 rings (SSSR count). The molecule has 1 saturated carbocycles. The molecule has 21 heavy (non-hydrogen) atoms. The number of carbonyl (C=O) groups excluding carboxylic acids is 1. The second-order valence-electron chi connectivity index (χ2n) is 4.74. The van der Waals surface area contributed by atoms with Crippen LogP contribution in [0, 0.1) is 9.49 Å². The lowest BCUT2D eigenvalue weighted by molar-refractivity contribution is -0.138. The summed E-state index contributed by atoms with van der Waals surface area (Å²) in [6.45, 7) is 0. The number of halogens is 6. The molecule has 0 aromatic heterocycles. The van der Waals surface area contributed by atoms with Crippen molar-refractivity contribution in [2.24, 2.45) is 5.92 Å². The number of alkyl halides is 5. The van der Waals surface area contributed by atoms with Crippen molar-refractivity contribution < 1.29 is 26.7 Å². The Kier molecular flexibility index (Phi) is 5.05. The molecular formula is C13H11F5INO. The Bertz CT molecular complexity index is 498. The van der Waals surface area contributed by atoms with Crippen LogP contribution in [0.4, 0.5) is 27.6 Å². The van der Waals surface area contributed by atoms with Gasteiger partial charge in [0.1, 0.15) is 18.3 Å². The highest BCUT2D eigenvalue weighted by molar-refractivity contribution is 14.1. The normalized spacial score (nSPS) is 36.3. The fourth-order valence-corrected chi connectivity index (χ4v) is 2.51. The molecule has 1 N–H and O–H groups in total. The third-order valence-corrected chi connectivity index (χ3v) is 4.04. The average molecular weight is 419 g/mol. The highest BCUT2D eigenvalue weighted by Gasteiger charge is 2.56. The lowest BCUT2D eigenvalue weighted by Gasteiger charge is -2.35. The molecule has 1 amide bonds. The molecule has 0 heterocycles. The number of carbonyl (C=O) groups is 1. The first-order valence-electron chi connectivity index (χ1n) is 6.09.